The first-order valence-electron chi connectivity index (χ1n) is 7.42. The summed E-state index contributed by atoms with van der Waals surface area (Å²) < 4.78 is 1.65. The Morgan fingerprint density at radius 2 is 1.74 bits per heavy atom. The van der Waals surface area contributed by atoms with Crippen molar-refractivity contribution in [1.82, 2.24) is 20.2 Å². The molecule has 1 unspecified atom stereocenters. The van der Waals surface area contributed by atoms with Crippen LogP contribution in [0.2, 0.25) is 0 Å². The lowest BCUT2D eigenvalue weighted by molar-refractivity contribution is -0.116. The smallest absolute Gasteiger partial charge is 0.225 e. The molecule has 23 heavy (non-hydrogen) atoms. The highest BCUT2D eigenvalue weighted by Crippen LogP contribution is 2.22. The van der Waals surface area contributed by atoms with E-state index in [2.05, 4.69) is 20.8 Å². The summed E-state index contributed by atoms with van der Waals surface area (Å²) in [4.78, 5) is 12.4. The first kappa shape index (κ1) is 14.9. The first-order chi connectivity index (χ1) is 11.3. The number of anilines is 1. The third-order valence-electron chi connectivity index (χ3n) is 3.56. The molecule has 0 saturated heterocycles. The van der Waals surface area contributed by atoms with Gasteiger partial charge in [-0.2, -0.15) is 0 Å². The molecule has 0 bridgehead atoms. The minimum absolute atomic E-state index is 0.00316. The summed E-state index contributed by atoms with van der Waals surface area (Å²) >= 11 is 0. The monoisotopic (exact) mass is 307 g/mol. The highest BCUT2D eigenvalue weighted by molar-refractivity contribution is 5.91. The number of benzene rings is 2. The van der Waals surface area contributed by atoms with Crippen LogP contribution in [0.1, 0.15) is 17.9 Å². The molecular formula is C17H17N5O. The van der Waals surface area contributed by atoms with Crippen LogP contribution in [0, 0.1) is 0 Å². The Kier molecular flexibility index (Phi) is 4.73. The van der Waals surface area contributed by atoms with E-state index in [4.69, 9.17) is 0 Å². The summed E-state index contributed by atoms with van der Waals surface area (Å²) in [7, 11) is 0. The van der Waals surface area contributed by atoms with Crippen molar-refractivity contribution in [2.75, 3.05) is 5.32 Å². The quantitative estimate of drug-likeness (QED) is 0.759. The predicted molar refractivity (Wildman–Crippen MR) is 86.7 cm³/mol. The molecule has 0 spiro atoms. The van der Waals surface area contributed by atoms with Gasteiger partial charge in [0, 0.05) is 18.0 Å². The summed E-state index contributed by atoms with van der Waals surface area (Å²) in [6.07, 6.45) is 1.92. The predicted octanol–water partition coefficient (Wildman–Crippen LogP) is 2.49. The van der Waals surface area contributed by atoms with Crippen LogP contribution in [0.3, 0.4) is 0 Å². The molecule has 6 heteroatoms. The van der Waals surface area contributed by atoms with E-state index in [1.54, 1.807) is 11.0 Å². The zero-order valence-electron chi connectivity index (χ0n) is 12.5. The Labute approximate surface area is 134 Å². The maximum Gasteiger partial charge on any atom is 0.225 e. The van der Waals surface area contributed by atoms with Gasteiger partial charge in [-0.05, 0) is 28.1 Å². The van der Waals surface area contributed by atoms with Gasteiger partial charge in [-0.25, -0.2) is 4.68 Å². The average Bonchev–Trinajstić information content (AvgIpc) is 3.09. The minimum Gasteiger partial charge on any atom is -0.326 e. The molecule has 116 valence electrons. The number of para-hydroxylation sites is 1. The molecule has 3 rings (SSSR count). The fourth-order valence-corrected chi connectivity index (χ4v) is 2.46. The Morgan fingerprint density at radius 3 is 2.39 bits per heavy atom. The van der Waals surface area contributed by atoms with Gasteiger partial charge in [0.1, 0.15) is 6.33 Å². The molecule has 0 fully saturated rings. The summed E-state index contributed by atoms with van der Waals surface area (Å²) in [5.74, 6) is -0.0264. The number of nitrogens with one attached hydrogen (secondary N) is 1. The summed E-state index contributed by atoms with van der Waals surface area (Å²) in [6, 6.07) is 19.4. The SMILES string of the molecule is O=C(CC(Cn1cnnn1)c1ccccc1)Nc1ccccc1. The number of hydrogen-bond acceptors (Lipinski definition) is 4. The molecule has 6 nitrogen and oxygen atoms in total. The Hall–Kier alpha value is -3.02. The number of tetrazole rings is 1. The lowest BCUT2D eigenvalue weighted by Crippen LogP contribution is -2.19. The number of hydrogen-bond donors (Lipinski definition) is 1. The third kappa shape index (κ3) is 4.23. The van der Waals surface area contributed by atoms with E-state index in [1.165, 1.54) is 0 Å². The van der Waals surface area contributed by atoms with Gasteiger partial charge in [0.15, 0.2) is 0 Å². The molecular weight excluding hydrogens is 290 g/mol. The number of nitrogens with zero attached hydrogens (tertiary/aromatic N) is 4. The molecule has 3 aromatic rings. The lowest BCUT2D eigenvalue weighted by atomic mass is 9.95. The Bertz CT molecular complexity index is 728. The van der Waals surface area contributed by atoms with Gasteiger partial charge in [0.2, 0.25) is 5.91 Å². The van der Waals surface area contributed by atoms with Crippen molar-refractivity contribution in [3.63, 3.8) is 0 Å². The first-order valence-corrected chi connectivity index (χ1v) is 7.42. The summed E-state index contributed by atoms with van der Waals surface area (Å²) in [5, 5.41) is 14.1. The molecule has 2 aromatic carbocycles. The molecule has 0 aliphatic rings. The summed E-state index contributed by atoms with van der Waals surface area (Å²) in [6.45, 7) is 0.555. The van der Waals surface area contributed by atoms with Crippen LogP contribution in [-0.2, 0) is 11.3 Å². The van der Waals surface area contributed by atoms with Crippen molar-refractivity contribution in [2.24, 2.45) is 0 Å². The highest BCUT2D eigenvalue weighted by atomic mass is 16.1. The number of amides is 1. The second-order valence-electron chi connectivity index (χ2n) is 5.26. The molecule has 1 aromatic heterocycles. The molecule has 1 amide bonds. The van der Waals surface area contributed by atoms with Gasteiger partial charge in [-0.15, -0.1) is 5.10 Å². The third-order valence-corrected chi connectivity index (χ3v) is 3.56. The number of carbonyl (C=O) groups excluding carboxylic acids is 1. The van der Waals surface area contributed by atoms with E-state index in [9.17, 15) is 4.79 Å². The molecule has 0 saturated carbocycles. The normalized spacial score (nSPS) is 11.8. The fourth-order valence-electron chi connectivity index (χ4n) is 2.46. The minimum atomic E-state index is -0.0295. The van der Waals surface area contributed by atoms with Gasteiger partial charge in [0.25, 0.3) is 0 Å². The average molecular weight is 307 g/mol. The van der Waals surface area contributed by atoms with Crippen molar-refractivity contribution in [1.29, 1.82) is 0 Å². The lowest BCUT2D eigenvalue weighted by Gasteiger charge is -2.16. The molecule has 0 aliphatic carbocycles. The van der Waals surface area contributed by atoms with Crippen LogP contribution in [0.15, 0.2) is 67.0 Å². The van der Waals surface area contributed by atoms with Crippen LogP contribution in [-0.4, -0.2) is 26.1 Å². The zero-order chi connectivity index (χ0) is 15.9. The maximum absolute atomic E-state index is 12.4. The van der Waals surface area contributed by atoms with E-state index in [1.807, 2.05) is 60.7 Å². The van der Waals surface area contributed by atoms with Crippen molar-refractivity contribution < 1.29 is 4.79 Å². The molecule has 1 atom stereocenters. The fraction of sp³-hybridized carbons (Fsp3) is 0.176. The van der Waals surface area contributed by atoms with Crippen molar-refractivity contribution in [2.45, 2.75) is 18.9 Å². The van der Waals surface area contributed by atoms with Crippen molar-refractivity contribution in [3.8, 4) is 0 Å². The van der Waals surface area contributed by atoms with E-state index in [0.29, 0.717) is 13.0 Å². The standard InChI is InChI=1S/C17H17N5O/c23-17(19-16-9-5-2-6-10-16)11-15(12-22-13-18-20-21-22)14-7-3-1-4-8-14/h1-10,13,15H,11-12H2,(H,19,23). The maximum atomic E-state index is 12.4. The van der Waals surface area contributed by atoms with Crippen molar-refractivity contribution >= 4 is 11.6 Å². The van der Waals surface area contributed by atoms with Crippen LogP contribution >= 0.6 is 0 Å². The Balaban J connectivity index is 1.72. The molecule has 1 heterocycles. The van der Waals surface area contributed by atoms with E-state index in [-0.39, 0.29) is 11.8 Å². The van der Waals surface area contributed by atoms with E-state index < -0.39 is 0 Å². The summed E-state index contributed by atoms with van der Waals surface area (Å²) in [5.41, 5.74) is 1.89. The van der Waals surface area contributed by atoms with Crippen LogP contribution in [0.4, 0.5) is 5.69 Å². The number of aromatic nitrogens is 4. The molecule has 0 aliphatic heterocycles. The molecule has 0 radical (unpaired) electrons. The van der Waals surface area contributed by atoms with Crippen molar-refractivity contribution in [3.05, 3.63) is 72.6 Å². The van der Waals surface area contributed by atoms with Crippen LogP contribution in [0.25, 0.3) is 0 Å². The van der Waals surface area contributed by atoms with Gasteiger partial charge in [-0.1, -0.05) is 48.5 Å². The zero-order valence-corrected chi connectivity index (χ0v) is 12.5. The van der Waals surface area contributed by atoms with Gasteiger partial charge in [-0.3, -0.25) is 4.79 Å². The van der Waals surface area contributed by atoms with Crippen LogP contribution < -0.4 is 5.32 Å². The highest BCUT2D eigenvalue weighted by Gasteiger charge is 2.17. The largest absolute Gasteiger partial charge is 0.326 e. The second-order valence-corrected chi connectivity index (χ2v) is 5.26. The van der Waals surface area contributed by atoms with Crippen LogP contribution in [0.5, 0.6) is 0 Å². The topological polar surface area (TPSA) is 72.7 Å². The number of rotatable bonds is 6. The number of carbonyl (C=O) groups is 1. The molecule has 1 N–H and O–H groups in total. The van der Waals surface area contributed by atoms with Gasteiger partial charge in [0.05, 0.1) is 6.54 Å². The van der Waals surface area contributed by atoms with Gasteiger partial charge < -0.3 is 5.32 Å². The van der Waals surface area contributed by atoms with E-state index in [0.717, 1.165) is 11.3 Å². The van der Waals surface area contributed by atoms with E-state index >= 15 is 0 Å². The Morgan fingerprint density at radius 1 is 1.04 bits per heavy atom. The van der Waals surface area contributed by atoms with Gasteiger partial charge >= 0.3 is 0 Å². The second kappa shape index (κ2) is 7.31.